The Balaban J connectivity index is 2.26. The molecule has 0 atom stereocenters. The van der Waals surface area contributed by atoms with Crippen LogP contribution in [-0.2, 0) is 0 Å². The maximum absolute atomic E-state index is 13.0. The highest BCUT2D eigenvalue weighted by atomic mass is 19.1. The molecule has 0 unspecified atom stereocenters. The van der Waals surface area contributed by atoms with Crippen LogP contribution in [0.5, 0.6) is 0 Å². The van der Waals surface area contributed by atoms with Gasteiger partial charge in [-0.05, 0) is 25.1 Å². The van der Waals surface area contributed by atoms with E-state index in [0.717, 1.165) is 5.69 Å². The predicted octanol–water partition coefficient (Wildman–Crippen LogP) is 2.71. The Kier molecular flexibility index (Phi) is 3.18. The average molecular weight is 232 g/mol. The zero-order chi connectivity index (χ0) is 12.3. The summed E-state index contributed by atoms with van der Waals surface area (Å²) < 4.78 is 13.0. The molecule has 1 heterocycles. The van der Waals surface area contributed by atoms with E-state index in [0.29, 0.717) is 17.5 Å². The van der Waals surface area contributed by atoms with Crippen LogP contribution in [0, 0.1) is 12.7 Å². The monoisotopic (exact) mass is 232 g/mol. The van der Waals surface area contributed by atoms with Crippen molar-refractivity contribution in [2.45, 2.75) is 6.92 Å². The molecule has 2 rings (SSSR count). The zero-order valence-electron chi connectivity index (χ0n) is 9.66. The standard InChI is InChI=1S/C12H13FN4/c1-8-6-11(17-12(14-2)15-8)16-10-5-3-4-9(13)7-10/h3-7H,1-2H3,(H2,14,15,16,17). The van der Waals surface area contributed by atoms with Gasteiger partial charge in [-0.3, -0.25) is 0 Å². The van der Waals surface area contributed by atoms with E-state index >= 15 is 0 Å². The first kappa shape index (κ1) is 11.3. The third-order valence-corrected chi connectivity index (χ3v) is 2.17. The molecule has 0 bridgehead atoms. The minimum atomic E-state index is -0.283. The second-order valence-electron chi connectivity index (χ2n) is 3.60. The van der Waals surface area contributed by atoms with Crippen molar-refractivity contribution in [3.05, 3.63) is 41.8 Å². The number of hydrogen-bond donors (Lipinski definition) is 2. The normalized spacial score (nSPS) is 10.1. The van der Waals surface area contributed by atoms with E-state index in [4.69, 9.17) is 0 Å². The van der Waals surface area contributed by atoms with Crippen molar-refractivity contribution in [3.63, 3.8) is 0 Å². The number of nitrogens with one attached hydrogen (secondary N) is 2. The van der Waals surface area contributed by atoms with Crippen LogP contribution in [-0.4, -0.2) is 17.0 Å². The van der Waals surface area contributed by atoms with Gasteiger partial charge in [-0.1, -0.05) is 6.07 Å². The second kappa shape index (κ2) is 4.78. The summed E-state index contributed by atoms with van der Waals surface area (Å²) >= 11 is 0. The van der Waals surface area contributed by atoms with E-state index in [9.17, 15) is 4.39 Å². The highest BCUT2D eigenvalue weighted by Gasteiger charge is 2.01. The van der Waals surface area contributed by atoms with Gasteiger partial charge in [0.2, 0.25) is 5.95 Å². The van der Waals surface area contributed by atoms with Crippen molar-refractivity contribution in [3.8, 4) is 0 Å². The van der Waals surface area contributed by atoms with Crippen LogP contribution in [0.3, 0.4) is 0 Å². The summed E-state index contributed by atoms with van der Waals surface area (Å²) in [6, 6.07) is 8.03. The lowest BCUT2D eigenvalue weighted by molar-refractivity contribution is 0.628. The number of halogens is 1. The molecule has 17 heavy (non-hydrogen) atoms. The number of anilines is 3. The molecule has 2 N–H and O–H groups in total. The molecule has 1 aromatic carbocycles. The van der Waals surface area contributed by atoms with Crippen LogP contribution in [0.1, 0.15) is 5.69 Å². The van der Waals surface area contributed by atoms with E-state index in [1.165, 1.54) is 12.1 Å². The molecule has 0 amide bonds. The molecule has 0 aliphatic rings. The van der Waals surface area contributed by atoms with Crippen molar-refractivity contribution in [2.24, 2.45) is 0 Å². The highest BCUT2D eigenvalue weighted by molar-refractivity contribution is 5.57. The van der Waals surface area contributed by atoms with Crippen LogP contribution in [0.2, 0.25) is 0 Å². The predicted molar refractivity (Wildman–Crippen MR) is 66.0 cm³/mol. The average Bonchev–Trinajstić information content (AvgIpc) is 2.28. The summed E-state index contributed by atoms with van der Waals surface area (Å²) in [5.74, 6) is 0.881. The van der Waals surface area contributed by atoms with Crippen LogP contribution in [0.4, 0.5) is 21.8 Å². The van der Waals surface area contributed by atoms with Gasteiger partial charge in [0.25, 0.3) is 0 Å². The Bertz CT molecular complexity index is 528. The Morgan fingerprint density at radius 3 is 2.71 bits per heavy atom. The maximum Gasteiger partial charge on any atom is 0.224 e. The molecule has 0 saturated carbocycles. The third-order valence-electron chi connectivity index (χ3n) is 2.17. The number of nitrogens with zero attached hydrogens (tertiary/aromatic N) is 2. The zero-order valence-corrected chi connectivity index (χ0v) is 9.66. The van der Waals surface area contributed by atoms with Gasteiger partial charge in [-0.15, -0.1) is 0 Å². The Labute approximate surface area is 98.9 Å². The molecule has 0 spiro atoms. The fourth-order valence-corrected chi connectivity index (χ4v) is 1.46. The molecule has 88 valence electrons. The first-order valence-electron chi connectivity index (χ1n) is 5.23. The Morgan fingerprint density at radius 1 is 1.18 bits per heavy atom. The topological polar surface area (TPSA) is 49.8 Å². The van der Waals surface area contributed by atoms with Gasteiger partial charge >= 0.3 is 0 Å². The molecule has 5 heteroatoms. The van der Waals surface area contributed by atoms with Crippen LogP contribution >= 0.6 is 0 Å². The van der Waals surface area contributed by atoms with Gasteiger partial charge in [0.15, 0.2) is 0 Å². The molecule has 0 fully saturated rings. The smallest absolute Gasteiger partial charge is 0.224 e. The quantitative estimate of drug-likeness (QED) is 0.854. The molecular formula is C12H13FN4. The summed E-state index contributed by atoms with van der Waals surface area (Å²) in [6.45, 7) is 1.87. The summed E-state index contributed by atoms with van der Waals surface area (Å²) in [4.78, 5) is 8.40. The van der Waals surface area contributed by atoms with E-state index < -0.39 is 0 Å². The van der Waals surface area contributed by atoms with Crippen molar-refractivity contribution in [2.75, 3.05) is 17.7 Å². The molecular weight excluding hydrogens is 219 g/mol. The number of aryl methyl sites for hydroxylation is 1. The van der Waals surface area contributed by atoms with Crippen molar-refractivity contribution >= 4 is 17.5 Å². The van der Waals surface area contributed by atoms with Crippen LogP contribution in [0.25, 0.3) is 0 Å². The Hall–Kier alpha value is -2.17. The maximum atomic E-state index is 13.0. The number of benzene rings is 1. The molecule has 4 nitrogen and oxygen atoms in total. The molecule has 1 aromatic heterocycles. The van der Waals surface area contributed by atoms with Crippen molar-refractivity contribution in [1.29, 1.82) is 0 Å². The first-order valence-corrected chi connectivity index (χ1v) is 5.23. The fraction of sp³-hybridized carbons (Fsp3) is 0.167. The van der Waals surface area contributed by atoms with E-state index in [1.54, 1.807) is 25.2 Å². The third kappa shape index (κ3) is 2.90. The number of aromatic nitrogens is 2. The first-order chi connectivity index (χ1) is 8.17. The number of rotatable bonds is 3. The summed E-state index contributed by atoms with van der Waals surface area (Å²) in [5.41, 5.74) is 1.49. The Morgan fingerprint density at radius 2 is 2.00 bits per heavy atom. The summed E-state index contributed by atoms with van der Waals surface area (Å²) in [5, 5.41) is 5.90. The molecule has 2 aromatic rings. The van der Waals surface area contributed by atoms with Crippen molar-refractivity contribution in [1.82, 2.24) is 9.97 Å². The van der Waals surface area contributed by atoms with Gasteiger partial charge in [-0.25, -0.2) is 9.37 Å². The highest BCUT2D eigenvalue weighted by Crippen LogP contribution is 2.17. The van der Waals surface area contributed by atoms with Crippen LogP contribution in [0.15, 0.2) is 30.3 Å². The van der Waals surface area contributed by atoms with Gasteiger partial charge in [0.05, 0.1) is 0 Å². The minimum Gasteiger partial charge on any atom is -0.357 e. The summed E-state index contributed by atoms with van der Waals surface area (Å²) in [7, 11) is 1.75. The minimum absolute atomic E-state index is 0.283. The lowest BCUT2D eigenvalue weighted by Crippen LogP contribution is -2.01. The van der Waals surface area contributed by atoms with E-state index in [-0.39, 0.29) is 5.82 Å². The van der Waals surface area contributed by atoms with Gasteiger partial charge in [0.1, 0.15) is 11.6 Å². The SMILES string of the molecule is CNc1nc(C)cc(Nc2cccc(F)c2)n1. The summed E-state index contributed by atoms with van der Waals surface area (Å²) in [6.07, 6.45) is 0. The lowest BCUT2D eigenvalue weighted by Gasteiger charge is -2.08. The molecule has 0 saturated heterocycles. The fourth-order valence-electron chi connectivity index (χ4n) is 1.46. The lowest BCUT2D eigenvalue weighted by atomic mass is 10.3. The van der Waals surface area contributed by atoms with Crippen molar-refractivity contribution < 1.29 is 4.39 Å². The largest absolute Gasteiger partial charge is 0.357 e. The van der Waals surface area contributed by atoms with Gasteiger partial charge in [-0.2, -0.15) is 4.98 Å². The molecule has 0 radical (unpaired) electrons. The number of hydrogen-bond acceptors (Lipinski definition) is 4. The van der Waals surface area contributed by atoms with E-state index in [2.05, 4.69) is 20.6 Å². The molecule has 0 aliphatic heterocycles. The van der Waals surface area contributed by atoms with E-state index in [1.807, 2.05) is 6.92 Å². The van der Waals surface area contributed by atoms with Gasteiger partial charge < -0.3 is 10.6 Å². The molecule has 0 aliphatic carbocycles. The van der Waals surface area contributed by atoms with Crippen LogP contribution < -0.4 is 10.6 Å². The van der Waals surface area contributed by atoms with Gasteiger partial charge in [0, 0.05) is 24.5 Å². The second-order valence-corrected chi connectivity index (χ2v) is 3.60.